The molecule has 0 radical (unpaired) electrons. The molecule has 140 valence electrons. The molecular formula is C19H16BrClN2O3S. The van der Waals surface area contributed by atoms with Gasteiger partial charge in [0.25, 0.3) is 5.91 Å². The summed E-state index contributed by atoms with van der Waals surface area (Å²) in [5.74, 6) is 1.04. The van der Waals surface area contributed by atoms with Crippen molar-refractivity contribution >= 4 is 62.1 Å². The molecule has 5 nitrogen and oxygen atoms in total. The molecular weight excluding hydrogens is 452 g/mol. The van der Waals surface area contributed by atoms with Crippen LogP contribution in [0.2, 0.25) is 5.02 Å². The first-order valence-corrected chi connectivity index (χ1v) is 9.87. The van der Waals surface area contributed by atoms with Gasteiger partial charge >= 0.3 is 0 Å². The van der Waals surface area contributed by atoms with Gasteiger partial charge in [0, 0.05) is 16.7 Å². The number of aryl methyl sites for hydroxylation is 1. The van der Waals surface area contributed by atoms with Crippen LogP contribution in [0.15, 0.2) is 44.7 Å². The molecule has 2 aromatic carbocycles. The minimum atomic E-state index is -0.217. The van der Waals surface area contributed by atoms with Gasteiger partial charge in [0.2, 0.25) is 0 Å². The van der Waals surface area contributed by atoms with Crippen molar-refractivity contribution in [1.29, 1.82) is 0 Å². The third-order valence-corrected chi connectivity index (χ3v) is 5.76. The van der Waals surface area contributed by atoms with Crippen molar-refractivity contribution in [3.05, 3.63) is 55.9 Å². The number of hydrogen-bond acceptors (Lipinski definition) is 5. The normalized spacial score (nSPS) is 16.7. The van der Waals surface area contributed by atoms with Gasteiger partial charge in [-0.3, -0.25) is 4.79 Å². The number of nitrogens with one attached hydrogen (secondary N) is 1. The first-order chi connectivity index (χ1) is 12.9. The summed E-state index contributed by atoms with van der Waals surface area (Å²) < 4.78 is 11.4. The fraction of sp³-hybridized carbons (Fsp3) is 0.158. The molecule has 3 rings (SSSR count). The number of halogens is 2. The Morgan fingerprint density at radius 3 is 2.59 bits per heavy atom. The number of rotatable bonds is 4. The Labute approximate surface area is 174 Å². The van der Waals surface area contributed by atoms with Crippen LogP contribution in [0.4, 0.5) is 5.69 Å². The highest BCUT2D eigenvalue weighted by Gasteiger charge is 2.24. The van der Waals surface area contributed by atoms with Gasteiger partial charge in [0.05, 0.1) is 29.3 Å². The van der Waals surface area contributed by atoms with Gasteiger partial charge < -0.3 is 14.8 Å². The summed E-state index contributed by atoms with van der Waals surface area (Å²) >= 11 is 10.8. The zero-order valence-electron chi connectivity index (χ0n) is 14.8. The molecule has 0 spiro atoms. The molecule has 1 aliphatic heterocycles. The van der Waals surface area contributed by atoms with Crippen LogP contribution in [0, 0.1) is 6.92 Å². The van der Waals surface area contributed by atoms with Gasteiger partial charge in [0.15, 0.2) is 5.17 Å². The van der Waals surface area contributed by atoms with E-state index in [2.05, 4.69) is 26.2 Å². The molecule has 0 bridgehead atoms. The van der Waals surface area contributed by atoms with E-state index in [0.717, 1.165) is 15.6 Å². The first-order valence-electron chi connectivity index (χ1n) is 7.88. The monoisotopic (exact) mass is 466 g/mol. The van der Waals surface area contributed by atoms with Crippen molar-refractivity contribution < 1.29 is 14.3 Å². The zero-order chi connectivity index (χ0) is 19.6. The summed E-state index contributed by atoms with van der Waals surface area (Å²) in [5.41, 5.74) is 2.41. The second kappa shape index (κ2) is 8.37. The molecule has 0 atom stereocenters. The predicted octanol–water partition coefficient (Wildman–Crippen LogP) is 5.32. The van der Waals surface area contributed by atoms with E-state index in [-0.39, 0.29) is 5.91 Å². The lowest BCUT2D eigenvalue weighted by Gasteiger charge is -2.10. The van der Waals surface area contributed by atoms with E-state index < -0.39 is 0 Å². The number of amidine groups is 1. The maximum atomic E-state index is 12.3. The van der Waals surface area contributed by atoms with Crippen LogP contribution in [0.3, 0.4) is 0 Å². The molecule has 8 heteroatoms. The Kier molecular flexibility index (Phi) is 6.14. The highest BCUT2D eigenvalue weighted by molar-refractivity contribution is 9.10. The summed E-state index contributed by atoms with van der Waals surface area (Å²) in [6, 6.07) is 9.11. The first kappa shape index (κ1) is 19.8. The van der Waals surface area contributed by atoms with Crippen LogP contribution in [0.25, 0.3) is 6.08 Å². The van der Waals surface area contributed by atoms with E-state index in [1.54, 1.807) is 32.4 Å². The van der Waals surface area contributed by atoms with Crippen molar-refractivity contribution in [2.75, 3.05) is 14.2 Å². The summed E-state index contributed by atoms with van der Waals surface area (Å²) in [4.78, 5) is 17.3. The number of ether oxygens (including phenoxy) is 2. The molecule has 1 heterocycles. The SMILES string of the molecule is COc1cc(OC)c(/C=C2\SC(=Nc3ccc(C)c(Cl)c3)NC2=O)cc1Br. The predicted molar refractivity (Wildman–Crippen MR) is 114 cm³/mol. The Hall–Kier alpha value is -1.96. The molecule has 1 amide bonds. The van der Waals surface area contributed by atoms with Gasteiger partial charge in [-0.15, -0.1) is 0 Å². The lowest BCUT2D eigenvalue weighted by Crippen LogP contribution is -2.19. The van der Waals surface area contributed by atoms with Gasteiger partial charge in [-0.2, -0.15) is 0 Å². The highest BCUT2D eigenvalue weighted by atomic mass is 79.9. The number of aliphatic imine (C=N–C) groups is 1. The van der Waals surface area contributed by atoms with Crippen molar-refractivity contribution in [3.8, 4) is 11.5 Å². The Morgan fingerprint density at radius 2 is 1.93 bits per heavy atom. The minimum Gasteiger partial charge on any atom is -0.496 e. The second-order valence-electron chi connectivity index (χ2n) is 5.64. The lowest BCUT2D eigenvalue weighted by atomic mass is 10.1. The molecule has 0 saturated carbocycles. The fourth-order valence-electron chi connectivity index (χ4n) is 2.39. The van der Waals surface area contributed by atoms with E-state index in [1.165, 1.54) is 11.8 Å². The average molecular weight is 468 g/mol. The van der Waals surface area contributed by atoms with Crippen molar-refractivity contribution in [3.63, 3.8) is 0 Å². The fourth-order valence-corrected chi connectivity index (χ4v) is 3.92. The van der Waals surface area contributed by atoms with E-state index in [1.807, 2.05) is 25.1 Å². The van der Waals surface area contributed by atoms with E-state index >= 15 is 0 Å². The number of nitrogens with zero attached hydrogens (tertiary/aromatic N) is 1. The van der Waals surface area contributed by atoms with Gasteiger partial charge in [-0.25, -0.2) is 4.99 Å². The molecule has 1 fully saturated rings. The highest BCUT2D eigenvalue weighted by Crippen LogP contribution is 2.36. The number of amides is 1. The van der Waals surface area contributed by atoms with E-state index in [4.69, 9.17) is 21.1 Å². The van der Waals surface area contributed by atoms with Crippen LogP contribution in [-0.4, -0.2) is 25.3 Å². The van der Waals surface area contributed by atoms with Gasteiger partial charge in [-0.05, 0) is 64.5 Å². The quantitative estimate of drug-likeness (QED) is 0.618. The van der Waals surface area contributed by atoms with Crippen LogP contribution in [-0.2, 0) is 4.79 Å². The molecule has 27 heavy (non-hydrogen) atoms. The number of carbonyl (C=O) groups excluding carboxylic acids is 1. The third-order valence-electron chi connectivity index (χ3n) is 3.83. The molecule has 1 saturated heterocycles. The van der Waals surface area contributed by atoms with Crippen molar-refractivity contribution in [1.82, 2.24) is 5.32 Å². The maximum Gasteiger partial charge on any atom is 0.264 e. The minimum absolute atomic E-state index is 0.217. The van der Waals surface area contributed by atoms with Crippen molar-refractivity contribution in [2.24, 2.45) is 4.99 Å². The van der Waals surface area contributed by atoms with Gasteiger partial charge in [-0.1, -0.05) is 17.7 Å². The zero-order valence-corrected chi connectivity index (χ0v) is 18.0. The molecule has 0 aromatic heterocycles. The van der Waals surface area contributed by atoms with Crippen molar-refractivity contribution in [2.45, 2.75) is 6.92 Å². The van der Waals surface area contributed by atoms with Crippen LogP contribution >= 0.6 is 39.3 Å². The standard InChI is InChI=1S/C19H16BrClN2O3S/c1-10-4-5-12(8-14(10)21)22-19-23-18(24)17(27-19)7-11-6-13(20)16(26-3)9-15(11)25-2/h4-9H,1-3H3,(H,22,23,24)/b17-7-. The van der Waals surface area contributed by atoms with Crippen LogP contribution < -0.4 is 14.8 Å². The Bertz CT molecular complexity index is 976. The summed E-state index contributed by atoms with van der Waals surface area (Å²) in [6.45, 7) is 1.92. The van der Waals surface area contributed by atoms with Crippen LogP contribution in [0.5, 0.6) is 11.5 Å². The number of benzene rings is 2. The number of carbonyl (C=O) groups is 1. The van der Waals surface area contributed by atoms with E-state index in [9.17, 15) is 4.79 Å². The second-order valence-corrected chi connectivity index (χ2v) is 7.94. The molecule has 2 aromatic rings. The molecule has 1 N–H and O–H groups in total. The summed E-state index contributed by atoms with van der Waals surface area (Å²) in [7, 11) is 3.15. The van der Waals surface area contributed by atoms with Gasteiger partial charge in [0.1, 0.15) is 11.5 Å². The summed E-state index contributed by atoms with van der Waals surface area (Å²) in [6.07, 6.45) is 1.76. The topological polar surface area (TPSA) is 59.9 Å². The smallest absolute Gasteiger partial charge is 0.264 e. The Morgan fingerprint density at radius 1 is 1.19 bits per heavy atom. The number of hydrogen-bond donors (Lipinski definition) is 1. The largest absolute Gasteiger partial charge is 0.496 e. The third kappa shape index (κ3) is 4.48. The number of methoxy groups -OCH3 is 2. The van der Waals surface area contributed by atoms with Crippen LogP contribution in [0.1, 0.15) is 11.1 Å². The number of thioether (sulfide) groups is 1. The lowest BCUT2D eigenvalue weighted by molar-refractivity contribution is -0.115. The average Bonchev–Trinajstić information content (AvgIpc) is 2.97. The van der Waals surface area contributed by atoms with E-state index in [0.29, 0.717) is 32.3 Å². The summed E-state index contributed by atoms with van der Waals surface area (Å²) in [5, 5.41) is 3.90. The maximum absolute atomic E-state index is 12.3. The molecule has 0 aliphatic carbocycles. The molecule has 1 aliphatic rings. The molecule has 0 unspecified atom stereocenters. The Balaban J connectivity index is 1.90.